The molecule has 5 heterocycles. The molecule has 0 unspecified atom stereocenters. The van der Waals surface area contributed by atoms with Gasteiger partial charge in [-0.3, -0.25) is 4.57 Å². The van der Waals surface area contributed by atoms with Crippen molar-refractivity contribution >= 4 is 85.1 Å². The van der Waals surface area contributed by atoms with E-state index in [1.165, 1.54) is 40.6 Å². The molecule has 0 saturated heterocycles. The highest BCUT2D eigenvalue weighted by atomic mass is 32.1. The number of rotatable bonds is 2. The minimum Gasteiger partial charge on any atom is -0.291 e. The van der Waals surface area contributed by atoms with Gasteiger partial charge in [-0.2, -0.15) is 0 Å². The molecule has 0 aliphatic heterocycles. The van der Waals surface area contributed by atoms with Crippen molar-refractivity contribution in [2.75, 3.05) is 0 Å². The summed E-state index contributed by atoms with van der Waals surface area (Å²) in [5.74, 6) is 0.922. The Bertz CT molecular complexity index is 2390. The van der Waals surface area contributed by atoms with Crippen LogP contribution >= 0.6 is 22.7 Å². The zero-order valence-corrected chi connectivity index (χ0v) is 22.3. The van der Waals surface area contributed by atoms with Crippen LogP contribution in [0.5, 0.6) is 0 Å². The summed E-state index contributed by atoms with van der Waals surface area (Å²) >= 11 is 3.78. The maximum Gasteiger partial charge on any atom is 0.138 e. The summed E-state index contributed by atoms with van der Waals surface area (Å²) in [5, 5.41) is 4.80. The third-order valence-electron chi connectivity index (χ3n) is 7.60. The first-order chi connectivity index (χ1) is 19.3. The molecular weight excluding hydrogens is 515 g/mol. The molecule has 0 fully saturated rings. The number of hydrogen-bond acceptors (Lipinski definition) is 4. The average Bonchev–Trinajstić information content (AvgIpc) is 3.64. The van der Waals surface area contributed by atoms with Gasteiger partial charge in [-0.15, -0.1) is 22.7 Å². The Morgan fingerprint density at radius 1 is 0.513 bits per heavy atom. The fraction of sp³-hybridized carbons (Fsp3) is 0. The SMILES string of the molecule is c1ccc(-c2ccc3ccc4ccc(-n5c6ccccc6c6sc7c8ccccc8sc7c65)nc4c3n2)cc1. The molecule has 182 valence electrons. The van der Waals surface area contributed by atoms with Crippen molar-refractivity contribution in [3.8, 4) is 17.1 Å². The van der Waals surface area contributed by atoms with E-state index in [1.54, 1.807) is 0 Å². The lowest BCUT2D eigenvalue weighted by Gasteiger charge is -2.10. The van der Waals surface area contributed by atoms with E-state index in [4.69, 9.17) is 9.97 Å². The molecule has 4 aromatic carbocycles. The summed E-state index contributed by atoms with van der Waals surface area (Å²) in [6, 6.07) is 40.7. The molecule has 0 aliphatic rings. The summed E-state index contributed by atoms with van der Waals surface area (Å²) in [5.41, 5.74) is 6.36. The monoisotopic (exact) mass is 533 g/mol. The molecule has 9 aromatic rings. The standard InChI is InChI=1S/C34H19N3S2/c1-2-8-20(9-3-1)25-18-16-21-14-15-22-17-19-28(36-30(22)29(21)35-25)37-26-12-6-4-10-23(26)32-31(37)34-33(39-32)24-11-5-7-13-27(24)38-34/h1-19H. The van der Waals surface area contributed by atoms with Gasteiger partial charge in [0.25, 0.3) is 0 Å². The van der Waals surface area contributed by atoms with E-state index in [0.29, 0.717) is 0 Å². The second-order valence-electron chi connectivity index (χ2n) is 9.83. The van der Waals surface area contributed by atoms with E-state index in [1.807, 2.05) is 28.7 Å². The largest absolute Gasteiger partial charge is 0.291 e. The Labute approximate surface area is 231 Å². The summed E-state index contributed by atoms with van der Waals surface area (Å²) in [7, 11) is 0. The molecule has 0 bridgehead atoms. The quantitative estimate of drug-likeness (QED) is 0.207. The molecular formula is C34H19N3S2. The van der Waals surface area contributed by atoms with Crippen molar-refractivity contribution in [2.45, 2.75) is 0 Å². The van der Waals surface area contributed by atoms with E-state index >= 15 is 0 Å². The molecule has 0 atom stereocenters. The molecule has 3 nitrogen and oxygen atoms in total. The summed E-state index contributed by atoms with van der Waals surface area (Å²) < 4.78 is 7.70. The summed E-state index contributed by atoms with van der Waals surface area (Å²) in [4.78, 5) is 10.5. The van der Waals surface area contributed by atoms with Gasteiger partial charge in [0, 0.05) is 31.8 Å². The van der Waals surface area contributed by atoms with E-state index in [-0.39, 0.29) is 0 Å². The Kier molecular flexibility index (Phi) is 4.36. The number of pyridine rings is 2. The lowest BCUT2D eigenvalue weighted by atomic mass is 10.1. The second-order valence-corrected chi connectivity index (χ2v) is 11.9. The fourth-order valence-electron chi connectivity index (χ4n) is 5.79. The summed E-state index contributed by atoms with van der Waals surface area (Å²) in [6.45, 7) is 0. The highest BCUT2D eigenvalue weighted by Crippen LogP contribution is 2.48. The number of benzene rings is 4. The van der Waals surface area contributed by atoms with Gasteiger partial charge in [-0.1, -0.05) is 84.9 Å². The predicted octanol–water partition coefficient (Wildman–Crippen LogP) is 9.98. The molecule has 5 aromatic heterocycles. The number of hydrogen-bond donors (Lipinski definition) is 0. The first-order valence-electron chi connectivity index (χ1n) is 12.9. The Balaban J connectivity index is 1.38. The van der Waals surface area contributed by atoms with Crippen LogP contribution in [-0.2, 0) is 0 Å². The lowest BCUT2D eigenvalue weighted by molar-refractivity contribution is 1.11. The number of nitrogens with zero attached hydrogens (tertiary/aromatic N) is 3. The van der Waals surface area contributed by atoms with E-state index in [2.05, 4.69) is 114 Å². The van der Waals surface area contributed by atoms with Crippen LogP contribution in [0.3, 0.4) is 0 Å². The number of thiophene rings is 2. The van der Waals surface area contributed by atoms with E-state index < -0.39 is 0 Å². The van der Waals surface area contributed by atoms with Gasteiger partial charge in [0.2, 0.25) is 0 Å². The molecule has 9 rings (SSSR count). The lowest BCUT2D eigenvalue weighted by Crippen LogP contribution is -1.98. The van der Waals surface area contributed by atoms with Crippen molar-refractivity contribution in [1.29, 1.82) is 0 Å². The Morgan fingerprint density at radius 2 is 1.21 bits per heavy atom. The molecule has 0 spiro atoms. The van der Waals surface area contributed by atoms with Crippen LogP contribution in [0.15, 0.2) is 115 Å². The highest BCUT2D eigenvalue weighted by Gasteiger charge is 2.21. The minimum atomic E-state index is 0.922. The Hall–Kier alpha value is -4.58. The van der Waals surface area contributed by atoms with Gasteiger partial charge < -0.3 is 0 Å². The van der Waals surface area contributed by atoms with E-state index in [9.17, 15) is 0 Å². The molecule has 0 amide bonds. The zero-order valence-electron chi connectivity index (χ0n) is 20.6. The topological polar surface area (TPSA) is 30.7 Å². The zero-order chi connectivity index (χ0) is 25.5. The van der Waals surface area contributed by atoms with Crippen LogP contribution in [0.25, 0.3) is 79.5 Å². The number of fused-ring (bicyclic) bond motifs is 10. The van der Waals surface area contributed by atoms with Gasteiger partial charge >= 0.3 is 0 Å². The van der Waals surface area contributed by atoms with Crippen LogP contribution in [0, 0.1) is 0 Å². The van der Waals surface area contributed by atoms with Crippen molar-refractivity contribution in [1.82, 2.24) is 14.5 Å². The smallest absolute Gasteiger partial charge is 0.138 e. The molecule has 0 radical (unpaired) electrons. The minimum absolute atomic E-state index is 0.922. The molecule has 0 saturated carbocycles. The van der Waals surface area contributed by atoms with Crippen molar-refractivity contribution in [2.24, 2.45) is 0 Å². The highest BCUT2D eigenvalue weighted by molar-refractivity contribution is 7.37. The average molecular weight is 534 g/mol. The van der Waals surface area contributed by atoms with Crippen LogP contribution < -0.4 is 0 Å². The van der Waals surface area contributed by atoms with Crippen LogP contribution in [0.4, 0.5) is 0 Å². The van der Waals surface area contributed by atoms with Crippen molar-refractivity contribution in [3.63, 3.8) is 0 Å². The van der Waals surface area contributed by atoms with Crippen LogP contribution in [-0.4, -0.2) is 14.5 Å². The maximum atomic E-state index is 5.33. The molecule has 0 N–H and O–H groups in total. The summed E-state index contributed by atoms with van der Waals surface area (Å²) in [6.07, 6.45) is 0. The third kappa shape index (κ3) is 3.03. The van der Waals surface area contributed by atoms with Crippen molar-refractivity contribution in [3.05, 3.63) is 115 Å². The van der Waals surface area contributed by atoms with Gasteiger partial charge in [-0.05, 0) is 30.3 Å². The maximum absolute atomic E-state index is 5.33. The normalized spacial score (nSPS) is 12.1. The van der Waals surface area contributed by atoms with Crippen LogP contribution in [0.2, 0.25) is 0 Å². The van der Waals surface area contributed by atoms with Crippen LogP contribution in [0.1, 0.15) is 0 Å². The Morgan fingerprint density at radius 3 is 2.08 bits per heavy atom. The molecule has 5 heteroatoms. The van der Waals surface area contributed by atoms with Gasteiger partial charge in [0.05, 0.1) is 41.9 Å². The number of para-hydroxylation sites is 1. The van der Waals surface area contributed by atoms with Gasteiger partial charge in [-0.25, -0.2) is 9.97 Å². The van der Waals surface area contributed by atoms with Gasteiger partial charge in [0.15, 0.2) is 0 Å². The first-order valence-corrected chi connectivity index (χ1v) is 14.6. The molecule has 39 heavy (non-hydrogen) atoms. The van der Waals surface area contributed by atoms with Crippen molar-refractivity contribution < 1.29 is 0 Å². The third-order valence-corrected chi connectivity index (χ3v) is 10.2. The van der Waals surface area contributed by atoms with E-state index in [0.717, 1.165) is 38.9 Å². The predicted molar refractivity (Wildman–Crippen MR) is 168 cm³/mol. The fourth-order valence-corrected chi connectivity index (χ4v) is 8.56. The van der Waals surface area contributed by atoms with Gasteiger partial charge in [0.1, 0.15) is 5.82 Å². The number of aromatic nitrogens is 3. The first kappa shape index (κ1) is 21.4. The molecule has 0 aliphatic carbocycles. The second kappa shape index (κ2) is 7.96.